The molecule has 0 saturated heterocycles. The van der Waals surface area contributed by atoms with Gasteiger partial charge in [-0.25, -0.2) is 0 Å². The van der Waals surface area contributed by atoms with Crippen LogP contribution in [0.5, 0.6) is 0 Å². The van der Waals surface area contributed by atoms with E-state index in [4.69, 9.17) is 0 Å². The average molecular weight is 424 g/mol. The lowest BCUT2D eigenvalue weighted by Gasteiger charge is -2.17. The molecule has 4 rings (SSSR count). The van der Waals surface area contributed by atoms with Crippen molar-refractivity contribution in [2.24, 2.45) is 0 Å². The van der Waals surface area contributed by atoms with Gasteiger partial charge in [-0.3, -0.25) is 4.79 Å². The monoisotopic (exact) mass is 424 g/mol. The molecule has 2 aromatic carbocycles. The van der Waals surface area contributed by atoms with Crippen molar-refractivity contribution in [3.05, 3.63) is 82.6 Å². The molecule has 2 aliphatic rings. The van der Waals surface area contributed by atoms with Crippen LogP contribution in [0.3, 0.4) is 0 Å². The molecular weight excluding hydrogens is 405 g/mol. The highest BCUT2D eigenvalue weighted by molar-refractivity contribution is 7.87. The lowest BCUT2D eigenvalue weighted by atomic mass is 9.91. The molecule has 29 heavy (non-hydrogen) atoms. The number of hydrogen-bond acceptors (Lipinski definition) is 4. The van der Waals surface area contributed by atoms with Crippen LogP contribution in [-0.4, -0.2) is 19.7 Å². The summed E-state index contributed by atoms with van der Waals surface area (Å²) >= 11 is 0. The summed E-state index contributed by atoms with van der Waals surface area (Å²) in [6, 6.07) is 15.3. The van der Waals surface area contributed by atoms with Gasteiger partial charge in [0.15, 0.2) is 0 Å². The molecule has 0 bridgehead atoms. The summed E-state index contributed by atoms with van der Waals surface area (Å²) in [5, 5.41) is 0. The zero-order valence-electron chi connectivity index (χ0n) is 15.4. The fourth-order valence-corrected chi connectivity index (χ4v) is 3.72. The number of ketones is 1. The average Bonchev–Trinajstić information content (AvgIpc) is 2.67. The number of halogens is 3. The van der Waals surface area contributed by atoms with Gasteiger partial charge in [0, 0.05) is 19.3 Å². The molecule has 0 saturated carbocycles. The molecule has 0 unspecified atom stereocenters. The van der Waals surface area contributed by atoms with Gasteiger partial charge < -0.3 is 4.18 Å². The van der Waals surface area contributed by atoms with Crippen LogP contribution in [0.1, 0.15) is 28.7 Å². The topological polar surface area (TPSA) is 60.4 Å². The second-order valence-corrected chi connectivity index (χ2v) is 8.33. The van der Waals surface area contributed by atoms with Crippen LogP contribution in [0.2, 0.25) is 0 Å². The number of Topliss-reactive ketones (excluding diaryl/α,β-unsaturated/α-hetero) is 1. The van der Waals surface area contributed by atoms with Crippen molar-refractivity contribution < 1.29 is 30.6 Å². The molecule has 0 atom stereocenters. The molecule has 8 heteroatoms. The second-order valence-electron chi connectivity index (χ2n) is 6.79. The zero-order valence-corrected chi connectivity index (χ0v) is 16.2. The number of hydrogen-bond donors (Lipinski definition) is 0. The number of benzene rings is 2. The van der Waals surface area contributed by atoms with Crippen LogP contribution >= 0.6 is 0 Å². The van der Waals surface area contributed by atoms with Gasteiger partial charge >= 0.3 is 15.6 Å². The number of alkyl halides is 3. The van der Waals surface area contributed by atoms with Crippen molar-refractivity contribution in [3.63, 3.8) is 0 Å². The first-order valence-corrected chi connectivity index (χ1v) is 10.4. The van der Waals surface area contributed by atoms with E-state index in [-0.39, 0.29) is 12.2 Å². The molecule has 0 spiro atoms. The summed E-state index contributed by atoms with van der Waals surface area (Å²) in [7, 11) is -5.57. The van der Waals surface area contributed by atoms with E-state index in [0.29, 0.717) is 18.6 Å². The minimum Gasteiger partial charge on any atom is -0.381 e. The SMILES string of the molecule is O=C1CCc2ccccc2C1.O=S(=O)(OC1=CCc2ccccc2C1)C(F)(F)F. The molecule has 2 aromatic rings. The van der Waals surface area contributed by atoms with Crippen molar-refractivity contribution in [1.82, 2.24) is 0 Å². The Bertz CT molecular complexity index is 1040. The molecular formula is C21H19F3O4S. The van der Waals surface area contributed by atoms with E-state index in [0.717, 1.165) is 24.0 Å². The maximum absolute atomic E-state index is 12.1. The maximum Gasteiger partial charge on any atom is 0.534 e. The number of carbonyl (C=O) groups excluding carboxylic acids is 1. The first kappa shape index (κ1) is 21.1. The number of fused-ring (bicyclic) bond motifs is 2. The van der Waals surface area contributed by atoms with Gasteiger partial charge in [0.25, 0.3) is 0 Å². The highest BCUT2D eigenvalue weighted by Crippen LogP contribution is 2.29. The third kappa shape index (κ3) is 5.26. The maximum atomic E-state index is 12.1. The summed E-state index contributed by atoms with van der Waals surface area (Å²) in [5.41, 5.74) is -1.09. The Morgan fingerprint density at radius 2 is 1.34 bits per heavy atom. The van der Waals surface area contributed by atoms with Gasteiger partial charge in [-0.05, 0) is 41.2 Å². The molecule has 2 aliphatic carbocycles. The number of aryl methyl sites for hydroxylation is 1. The van der Waals surface area contributed by atoms with E-state index in [1.807, 2.05) is 30.3 Å². The smallest absolute Gasteiger partial charge is 0.381 e. The van der Waals surface area contributed by atoms with Crippen LogP contribution in [0.4, 0.5) is 13.2 Å². The number of rotatable bonds is 2. The Labute approximate surface area is 167 Å². The van der Waals surface area contributed by atoms with Crippen LogP contribution in [0.15, 0.2) is 60.4 Å². The highest BCUT2D eigenvalue weighted by atomic mass is 32.2. The molecule has 154 valence electrons. The largest absolute Gasteiger partial charge is 0.534 e. The van der Waals surface area contributed by atoms with E-state index in [9.17, 15) is 26.4 Å². The van der Waals surface area contributed by atoms with Crippen molar-refractivity contribution >= 4 is 15.9 Å². The number of carbonyl (C=O) groups is 1. The molecule has 0 radical (unpaired) electrons. The Morgan fingerprint density at radius 1 is 0.793 bits per heavy atom. The van der Waals surface area contributed by atoms with E-state index >= 15 is 0 Å². The lowest BCUT2D eigenvalue weighted by molar-refractivity contribution is -0.118. The van der Waals surface area contributed by atoms with Crippen LogP contribution in [-0.2, 0) is 44.8 Å². The van der Waals surface area contributed by atoms with Gasteiger partial charge in [0.05, 0.1) is 0 Å². The second kappa shape index (κ2) is 8.41. The normalized spacial score (nSPS) is 16.0. The summed E-state index contributed by atoms with van der Waals surface area (Å²) in [6.07, 6.45) is 4.08. The minimum atomic E-state index is -5.57. The van der Waals surface area contributed by atoms with Crippen molar-refractivity contribution in [2.45, 2.75) is 37.6 Å². The van der Waals surface area contributed by atoms with Crippen molar-refractivity contribution in [1.29, 1.82) is 0 Å². The Hall–Kier alpha value is -2.61. The standard InChI is InChI=1S/C11H9F3O3S.C10H10O/c12-11(13,14)18(15,16)17-10-6-5-8-3-1-2-4-9(8)7-10;11-10-6-5-8-3-1-2-4-9(8)7-10/h1-4,6H,5,7H2;1-4H,5-7H2. The van der Waals surface area contributed by atoms with E-state index in [1.165, 1.54) is 17.2 Å². The summed E-state index contributed by atoms with van der Waals surface area (Å²) in [4.78, 5) is 11.0. The number of allylic oxidation sites excluding steroid dienone is 2. The lowest BCUT2D eigenvalue weighted by Crippen LogP contribution is -2.26. The molecule has 0 amide bonds. The molecule has 0 aromatic heterocycles. The first-order chi connectivity index (χ1) is 13.7. The van der Waals surface area contributed by atoms with Crippen molar-refractivity contribution in [3.8, 4) is 0 Å². The van der Waals surface area contributed by atoms with Crippen molar-refractivity contribution in [2.75, 3.05) is 0 Å². The van der Waals surface area contributed by atoms with Gasteiger partial charge in [0.1, 0.15) is 11.5 Å². The summed E-state index contributed by atoms with van der Waals surface area (Å²) < 4.78 is 62.2. The van der Waals surface area contributed by atoms with E-state index in [2.05, 4.69) is 10.2 Å². The third-order valence-electron chi connectivity index (χ3n) is 4.71. The quantitative estimate of drug-likeness (QED) is 0.533. The van der Waals surface area contributed by atoms with E-state index < -0.39 is 15.6 Å². The molecule has 0 N–H and O–H groups in total. The summed E-state index contributed by atoms with van der Waals surface area (Å²) in [6.45, 7) is 0. The molecule has 0 heterocycles. The Balaban J connectivity index is 0.000000186. The van der Waals surface area contributed by atoms with Crippen LogP contribution in [0.25, 0.3) is 0 Å². The minimum absolute atomic E-state index is 0.0471. The fraction of sp³-hybridized carbons (Fsp3) is 0.286. The fourth-order valence-electron chi connectivity index (χ4n) is 3.21. The predicted molar refractivity (Wildman–Crippen MR) is 101 cm³/mol. The molecule has 0 fully saturated rings. The molecule has 0 aliphatic heterocycles. The highest BCUT2D eigenvalue weighted by Gasteiger charge is 2.48. The Morgan fingerprint density at radius 3 is 1.97 bits per heavy atom. The molecule has 4 nitrogen and oxygen atoms in total. The van der Waals surface area contributed by atoms with E-state index in [1.54, 1.807) is 12.1 Å². The van der Waals surface area contributed by atoms with Gasteiger partial charge in [0.2, 0.25) is 0 Å². The van der Waals surface area contributed by atoms with Crippen LogP contribution < -0.4 is 0 Å². The first-order valence-electron chi connectivity index (χ1n) is 9.01. The van der Waals surface area contributed by atoms with Gasteiger partial charge in [-0.15, -0.1) is 0 Å². The van der Waals surface area contributed by atoms with Gasteiger partial charge in [-0.2, -0.15) is 21.6 Å². The summed E-state index contributed by atoms with van der Waals surface area (Å²) in [5.74, 6) is 0.190. The Kier molecular flexibility index (Phi) is 6.12. The zero-order chi connectivity index (χ0) is 21.1. The van der Waals surface area contributed by atoms with Crippen LogP contribution in [0, 0.1) is 0 Å². The predicted octanol–water partition coefficient (Wildman–Crippen LogP) is 4.28. The third-order valence-corrected chi connectivity index (χ3v) is 5.71. The van der Waals surface area contributed by atoms with Gasteiger partial charge in [-0.1, -0.05) is 48.5 Å².